The molecule has 0 saturated carbocycles. The third-order valence-corrected chi connectivity index (χ3v) is 4.13. The Bertz CT molecular complexity index is 1220. The molecule has 0 unspecified atom stereocenters. The third-order valence-electron chi connectivity index (χ3n) is 4.13. The number of halogens is 1. The molecule has 5 nitrogen and oxygen atoms in total. The molecule has 6 heteroatoms. The van der Waals surface area contributed by atoms with Gasteiger partial charge < -0.3 is 5.11 Å². The first kappa shape index (κ1) is 16.7. The summed E-state index contributed by atoms with van der Waals surface area (Å²) in [6, 6.07) is 17.8. The standard InChI is InChI=1S/C21H14FN3O2/c22-14-6-5-7-15(12-14)24-13-18-16-8-1-2-9-17(16)20(26)25(21(18)27)19-10-3-4-11-23-19/h1-13,27H. The minimum Gasteiger partial charge on any atom is -0.494 e. The zero-order valence-corrected chi connectivity index (χ0v) is 14.1. The van der Waals surface area contributed by atoms with Crippen LogP contribution in [0.25, 0.3) is 16.6 Å². The zero-order chi connectivity index (χ0) is 18.8. The number of fused-ring (bicyclic) bond motifs is 1. The summed E-state index contributed by atoms with van der Waals surface area (Å²) in [6.45, 7) is 0. The summed E-state index contributed by atoms with van der Waals surface area (Å²) in [5, 5.41) is 11.8. The molecule has 0 atom stereocenters. The van der Waals surface area contributed by atoms with Crippen molar-refractivity contribution in [3.8, 4) is 11.7 Å². The molecule has 0 aliphatic heterocycles. The summed E-state index contributed by atoms with van der Waals surface area (Å²) >= 11 is 0. The highest BCUT2D eigenvalue weighted by atomic mass is 19.1. The van der Waals surface area contributed by atoms with Gasteiger partial charge in [-0.25, -0.2) is 13.9 Å². The van der Waals surface area contributed by atoms with Gasteiger partial charge in [0.15, 0.2) is 0 Å². The lowest BCUT2D eigenvalue weighted by Gasteiger charge is -2.12. The fourth-order valence-electron chi connectivity index (χ4n) is 2.88. The van der Waals surface area contributed by atoms with Gasteiger partial charge in [-0.3, -0.25) is 9.79 Å². The number of pyridine rings is 2. The van der Waals surface area contributed by atoms with Gasteiger partial charge in [-0.05, 0) is 36.4 Å². The molecule has 2 aromatic carbocycles. The number of aliphatic imine (C=N–C) groups is 1. The summed E-state index contributed by atoms with van der Waals surface area (Å²) in [7, 11) is 0. The topological polar surface area (TPSA) is 67.5 Å². The molecule has 0 radical (unpaired) electrons. The fourth-order valence-corrected chi connectivity index (χ4v) is 2.88. The minimum absolute atomic E-state index is 0.280. The van der Waals surface area contributed by atoms with Gasteiger partial charge in [0, 0.05) is 23.2 Å². The predicted molar refractivity (Wildman–Crippen MR) is 103 cm³/mol. The molecule has 0 fully saturated rings. The van der Waals surface area contributed by atoms with Gasteiger partial charge in [0.05, 0.1) is 11.3 Å². The lowest BCUT2D eigenvalue weighted by Crippen LogP contribution is -2.20. The Labute approximate surface area is 153 Å². The van der Waals surface area contributed by atoms with E-state index in [4.69, 9.17) is 0 Å². The molecule has 4 rings (SSSR count). The molecule has 1 N–H and O–H groups in total. The van der Waals surface area contributed by atoms with Crippen molar-refractivity contribution in [1.29, 1.82) is 0 Å². The average Bonchev–Trinajstić information content (AvgIpc) is 2.69. The van der Waals surface area contributed by atoms with Crippen LogP contribution in [0.4, 0.5) is 10.1 Å². The van der Waals surface area contributed by atoms with Crippen LogP contribution in [0.1, 0.15) is 5.56 Å². The first-order valence-corrected chi connectivity index (χ1v) is 8.23. The Morgan fingerprint density at radius 3 is 2.52 bits per heavy atom. The van der Waals surface area contributed by atoms with Crippen LogP contribution < -0.4 is 5.56 Å². The Morgan fingerprint density at radius 1 is 1.00 bits per heavy atom. The Balaban J connectivity index is 1.98. The minimum atomic E-state index is -0.405. The van der Waals surface area contributed by atoms with Crippen LogP contribution in [0.15, 0.2) is 82.7 Å². The molecule has 0 saturated heterocycles. The average molecular weight is 359 g/mol. The molecule has 27 heavy (non-hydrogen) atoms. The second-order valence-corrected chi connectivity index (χ2v) is 5.85. The van der Waals surface area contributed by atoms with E-state index in [0.717, 1.165) is 4.57 Å². The lowest BCUT2D eigenvalue weighted by molar-refractivity contribution is 0.435. The van der Waals surface area contributed by atoms with Crippen molar-refractivity contribution in [2.75, 3.05) is 0 Å². The molecule has 0 bridgehead atoms. The van der Waals surface area contributed by atoms with Gasteiger partial charge in [-0.1, -0.05) is 30.3 Å². The smallest absolute Gasteiger partial charge is 0.267 e. The molecular formula is C21H14FN3O2. The monoisotopic (exact) mass is 359 g/mol. The predicted octanol–water partition coefficient (Wildman–Crippen LogP) is 3.98. The maximum absolute atomic E-state index is 13.4. The Kier molecular flexibility index (Phi) is 4.22. The molecular weight excluding hydrogens is 345 g/mol. The van der Waals surface area contributed by atoms with Crippen molar-refractivity contribution >= 4 is 22.7 Å². The van der Waals surface area contributed by atoms with Crippen LogP contribution in [-0.2, 0) is 0 Å². The van der Waals surface area contributed by atoms with Crippen LogP contribution in [0.3, 0.4) is 0 Å². The zero-order valence-electron chi connectivity index (χ0n) is 14.1. The highest BCUT2D eigenvalue weighted by Gasteiger charge is 2.16. The first-order chi connectivity index (χ1) is 13.1. The quantitative estimate of drug-likeness (QED) is 0.563. The van der Waals surface area contributed by atoms with E-state index in [1.54, 1.807) is 54.6 Å². The molecule has 0 aliphatic carbocycles. The first-order valence-electron chi connectivity index (χ1n) is 8.23. The van der Waals surface area contributed by atoms with E-state index in [-0.39, 0.29) is 11.4 Å². The number of aromatic nitrogens is 2. The molecule has 0 amide bonds. The van der Waals surface area contributed by atoms with Crippen molar-refractivity contribution in [1.82, 2.24) is 9.55 Å². The van der Waals surface area contributed by atoms with Crippen LogP contribution in [0.2, 0.25) is 0 Å². The fraction of sp³-hybridized carbons (Fsp3) is 0. The van der Waals surface area contributed by atoms with Gasteiger partial charge >= 0.3 is 0 Å². The summed E-state index contributed by atoms with van der Waals surface area (Å²) in [5.74, 6) is -0.388. The molecule has 4 aromatic rings. The third kappa shape index (κ3) is 3.08. The van der Waals surface area contributed by atoms with Gasteiger partial charge in [-0.2, -0.15) is 0 Å². The maximum atomic E-state index is 13.4. The second kappa shape index (κ2) is 6.84. The van der Waals surface area contributed by atoms with Crippen molar-refractivity contribution in [2.45, 2.75) is 0 Å². The highest BCUT2D eigenvalue weighted by molar-refractivity contribution is 6.02. The molecule has 0 spiro atoms. The number of aromatic hydroxyl groups is 1. The lowest BCUT2D eigenvalue weighted by atomic mass is 10.1. The van der Waals surface area contributed by atoms with Crippen LogP contribution >= 0.6 is 0 Å². The SMILES string of the molecule is O=c1c2ccccc2c(C=Nc2cccc(F)c2)c(O)n1-c1ccccn1. The van der Waals surface area contributed by atoms with E-state index in [2.05, 4.69) is 9.98 Å². The summed E-state index contributed by atoms with van der Waals surface area (Å²) in [4.78, 5) is 21.3. The summed E-state index contributed by atoms with van der Waals surface area (Å²) in [6.07, 6.45) is 2.96. The summed E-state index contributed by atoms with van der Waals surface area (Å²) in [5.41, 5.74) is 0.360. The normalized spacial score (nSPS) is 11.3. The van der Waals surface area contributed by atoms with Gasteiger partial charge in [0.2, 0.25) is 5.88 Å². The van der Waals surface area contributed by atoms with Crippen LogP contribution in [0.5, 0.6) is 5.88 Å². The van der Waals surface area contributed by atoms with E-state index in [1.807, 2.05) is 0 Å². The Hall–Kier alpha value is -3.80. The Morgan fingerprint density at radius 2 is 1.78 bits per heavy atom. The molecule has 0 aliphatic rings. The number of nitrogens with zero attached hydrogens (tertiary/aromatic N) is 3. The van der Waals surface area contributed by atoms with E-state index < -0.39 is 5.82 Å². The van der Waals surface area contributed by atoms with E-state index in [0.29, 0.717) is 27.8 Å². The largest absolute Gasteiger partial charge is 0.494 e. The van der Waals surface area contributed by atoms with Crippen LogP contribution in [0, 0.1) is 5.82 Å². The maximum Gasteiger partial charge on any atom is 0.267 e. The molecule has 2 heterocycles. The van der Waals surface area contributed by atoms with Crippen molar-refractivity contribution < 1.29 is 9.50 Å². The second-order valence-electron chi connectivity index (χ2n) is 5.85. The number of hydrogen-bond donors (Lipinski definition) is 1. The highest BCUT2D eigenvalue weighted by Crippen LogP contribution is 2.26. The van der Waals surface area contributed by atoms with E-state index in [9.17, 15) is 14.3 Å². The number of hydrogen-bond acceptors (Lipinski definition) is 4. The van der Waals surface area contributed by atoms with E-state index in [1.165, 1.54) is 24.5 Å². The van der Waals surface area contributed by atoms with Crippen LogP contribution in [-0.4, -0.2) is 20.9 Å². The van der Waals surface area contributed by atoms with Gasteiger partial charge in [-0.15, -0.1) is 0 Å². The summed E-state index contributed by atoms with van der Waals surface area (Å²) < 4.78 is 14.5. The number of rotatable bonds is 3. The molecule has 132 valence electrons. The van der Waals surface area contributed by atoms with Crippen molar-refractivity contribution in [2.24, 2.45) is 4.99 Å². The number of benzene rings is 2. The van der Waals surface area contributed by atoms with E-state index >= 15 is 0 Å². The molecule has 2 aromatic heterocycles. The van der Waals surface area contributed by atoms with Gasteiger partial charge in [0.1, 0.15) is 11.6 Å². The van der Waals surface area contributed by atoms with Crippen molar-refractivity contribution in [3.63, 3.8) is 0 Å². The van der Waals surface area contributed by atoms with Gasteiger partial charge in [0.25, 0.3) is 5.56 Å². The van der Waals surface area contributed by atoms with Crippen molar-refractivity contribution in [3.05, 3.63) is 94.7 Å².